The van der Waals surface area contributed by atoms with Gasteiger partial charge in [0, 0.05) is 6.54 Å². The van der Waals surface area contributed by atoms with E-state index in [-0.39, 0.29) is 23.8 Å². The monoisotopic (exact) mass is 220 g/mol. The van der Waals surface area contributed by atoms with Crippen LogP contribution in [0.15, 0.2) is 18.2 Å². The highest BCUT2D eigenvalue weighted by Crippen LogP contribution is 2.21. The van der Waals surface area contributed by atoms with Crippen molar-refractivity contribution in [3.63, 3.8) is 0 Å². The van der Waals surface area contributed by atoms with Crippen molar-refractivity contribution in [2.45, 2.75) is 0 Å². The van der Waals surface area contributed by atoms with E-state index in [9.17, 15) is 9.18 Å². The Kier molecular flexibility index (Phi) is 2.84. The molecule has 1 aliphatic rings. The number of rotatable bonds is 1. The number of nitriles is 1. The highest BCUT2D eigenvalue weighted by atomic mass is 19.1. The van der Waals surface area contributed by atoms with Gasteiger partial charge in [-0.25, -0.2) is 4.39 Å². The SMILES string of the molecule is N#Cc1ccc(N2CCOCC2=O)c(F)c1. The van der Waals surface area contributed by atoms with E-state index in [2.05, 4.69) is 0 Å². The first kappa shape index (κ1) is 10.6. The molecule has 1 saturated heterocycles. The molecule has 0 unspecified atom stereocenters. The minimum Gasteiger partial charge on any atom is -0.370 e. The smallest absolute Gasteiger partial charge is 0.253 e. The van der Waals surface area contributed by atoms with Gasteiger partial charge in [-0.3, -0.25) is 4.79 Å². The van der Waals surface area contributed by atoms with Gasteiger partial charge in [0.1, 0.15) is 12.4 Å². The summed E-state index contributed by atoms with van der Waals surface area (Å²) in [5.74, 6) is -0.829. The van der Waals surface area contributed by atoms with Crippen LogP contribution in [-0.2, 0) is 9.53 Å². The Morgan fingerprint density at radius 2 is 2.31 bits per heavy atom. The van der Waals surface area contributed by atoms with E-state index in [1.54, 1.807) is 0 Å². The molecule has 16 heavy (non-hydrogen) atoms. The average molecular weight is 220 g/mol. The Balaban J connectivity index is 2.33. The van der Waals surface area contributed by atoms with E-state index >= 15 is 0 Å². The number of carbonyl (C=O) groups is 1. The fraction of sp³-hybridized carbons (Fsp3) is 0.273. The molecule has 2 rings (SSSR count). The molecule has 1 aromatic carbocycles. The molecule has 1 amide bonds. The van der Waals surface area contributed by atoms with Gasteiger partial charge < -0.3 is 9.64 Å². The van der Waals surface area contributed by atoms with Crippen LogP contribution in [0.25, 0.3) is 0 Å². The Labute approximate surface area is 91.8 Å². The summed E-state index contributed by atoms with van der Waals surface area (Å²) in [6.07, 6.45) is 0. The molecule has 1 fully saturated rings. The Morgan fingerprint density at radius 3 is 2.94 bits per heavy atom. The van der Waals surface area contributed by atoms with Gasteiger partial charge in [0.15, 0.2) is 0 Å². The number of nitrogens with zero attached hydrogens (tertiary/aromatic N) is 2. The topological polar surface area (TPSA) is 53.3 Å². The predicted octanol–water partition coefficient (Wildman–Crippen LogP) is 1.06. The molecule has 0 aliphatic carbocycles. The fourth-order valence-electron chi connectivity index (χ4n) is 1.57. The third-order valence-electron chi connectivity index (χ3n) is 2.35. The van der Waals surface area contributed by atoms with E-state index < -0.39 is 5.82 Å². The molecule has 4 nitrogen and oxygen atoms in total. The lowest BCUT2D eigenvalue weighted by Gasteiger charge is -2.27. The number of benzene rings is 1. The van der Waals surface area contributed by atoms with Crippen LogP contribution in [0.1, 0.15) is 5.56 Å². The summed E-state index contributed by atoms with van der Waals surface area (Å²) < 4.78 is 18.6. The minimum atomic E-state index is -0.561. The molecule has 1 aliphatic heterocycles. The molecular formula is C11H9FN2O2. The number of anilines is 1. The van der Waals surface area contributed by atoms with Crippen LogP contribution in [0.5, 0.6) is 0 Å². The zero-order valence-electron chi connectivity index (χ0n) is 8.44. The lowest BCUT2D eigenvalue weighted by atomic mass is 10.2. The van der Waals surface area contributed by atoms with Gasteiger partial charge in [-0.2, -0.15) is 5.26 Å². The van der Waals surface area contributed by atoms with E-state index in [0.717, 1.165) is 6.07 Å². The summed E-state index contributed by atoms with van der Waals surface area (Å²) in [5.41, 5.74) is 0.439. The standard InChI is InChI=1S/C11H9FN2O2/c12-9-5-8(6-13)1-2-10(9)14-3-4-16-7-11(14)15/h1-2,5H,3-4,7H2. The zero-order chi connectivity index (χ0) is 11.5. The van der Waals surface area contributed by atoms with Crippen LogP contribution in [0.3, 0.4) is 0 Å². The average Bonchev–Trinajstić information content (AvgIpc) is 2.30. The molecule has 0 bridgehead atoms. The Hall–Kier alpha value is -1.93. The van der Waals surface area contributed by atoms with E-state index in [1.165, 1.54) is 17.0 Å². The van der Waals surface area contributed by atoms with Gasteiger partial charge in [-0.05, 0) is 18.2 Å². The van der Waals surface area contributed by atoms with Gasteiger partial charge in [0.25, 0.3) is 5.91 Å². The van der Waals surface area contributed by atoms with Crippen LogP contribution in [0, 0.1) is 17.1 Å². The third-order valence-corrected chi connectivity index (χ3v) is 2.35. The molecule has 5 heteroatoms. The number of halogens is 1. The molecule has 0 saturated carbocycles. The highest BCUT2D eigenvalue weighted by molar-refractivity contribution is 5.95. The minimum absolute atomic E-state index is 0.0283. The maximum absolute atomic E-state index is 13.6. The van der Waals surface area contributed by atoms with E-state index in [4.69, 9.17) is 10.00 Å². The molecule has 1 aromatic rings. The molecule has 0 radical (unpaired) electrons. The van der Waals surface area contributed by atoms with Crippen LogP contribution >= 0.6 is 0 Å². The molecule has 0 aromatic heterocycles. The van der Waals surface area contributed by atoms with Crippen molar-refractivity contribution < 1.29 is 13.9 Å². The normalized spacial score (nSPS) is 16.0. The predicted molar refractivity (Wildman–Crippen MR) is 54.3 cm³/mol. The van der Waals surface area contributed by atoms with Crippen molar-refractivity contribution in [2.24, 2.45) is 0 Å². The molecule has 0 spiro atoms. The summed E-state index contributed by atoms with van der Waals surface area (Å²) in [7, 11) is 0. The number of amides is 1. The molecule has 82 valence electrons. The van der Waals surface area contributed by atoms with E-state index in [0.29, 0.717) is 13.2 Å². The molecule has 0 N–H and O–H groups in total. The summed E-state index contributed by atoms with van der Waals surface area (Å²) >= 11 is 0. The number of ether oxygens (including phenoxy) is 1. The summed E-state index contributed by atoms with van der Waals surface area (Å²) in [4.78, 5) is 12.8. The summed E-state index contributed by atoms with van der Waals surface area (Å²) in [5, 5.41) is 8.60. The number of hydrogen-bond acceptors (Lipinski definition) is 3. The van der Waals surface area contributed by atoms with Crippen molar-refractivity contribution in [1.82, 2.24) is 0 Å². The molecular weight excluding hydrogens is 211 g/mol. The van der Waals surface area contributed by atoms with Crippen molar-refractivity contribution in [3.8, 4) is 6.07 Å². The van der Waals surface area contributed by atoms with Crippen LogP contribution < -0.4 is 4.90 Å². The molecule has 1 heterocycles. The first-order valence-electron chi connectivity index (χ1n) is 4.80. The highest BCUT2D eigenvalue weighted by Gasteiger charge is 2.22. The maximum atomic E-state index is 13.6. The maximum Gasteiger partial charge on any atom is 0.253 e. The summed E-state index contributed by atoms with van der Waals surface area (Å²) in [6.45, 7) is 0.701. The number of carbonyl (C=O) groups excluding carboxylic acids is 1. The second-order valence-corrected chi connectivity index (χ2v) is 3.38. The second kappa shape index (κ2) is 4.29. The van der Waals surface area contributed by atoms with E-state index in [1.807, 2.05) is 6.07 Å². The Morgan fingerprint density at radius 1 is 1.50 bits per heavy atom. The third kappa shape index (κ3) is 1.88. The van der Waals surface area contributed by atoms with Crippen LogP contribution in [0.4, 0.5) is 10.1 Å². The summed E-state index contributed by atoms with van der Waals surface area (Å²) in [6, 6.07) is 5.89. The largest absolute Gasteiger partial charge is 0.370 e. The number of morpholine rings is 1. The van der Waals surface area contributed by atoms with Crippen molar-refractivity contribution in [3.05, 3.63) is 29.6 Å². The van der Waals surface area contributed by atoms with Gasteiger partial charge in [0.05, 0.1) is 23.9 Å². The van der Waals surface area contributed by atoms with Gasteiger partial charge in [0.2, 0.25) is 0 Å². The molecule has 0 atom stereocenters. The lowest BCUT2D eigenvalue weighted by Crippen LogP contribution is -2.42. The first-order chi connectivity index (χ1) is 7.72. The van der Waals surface area contributed by atoms with Crippen molar-refractivity contribution >= 4 is 11.6 Å². The number of hydrogen-bond donors (Lipinski definition) is 0. The second-order valence-electron chi connectivity index (χ2n) is 3.38. The zero-order valence-corrected chi connectivity index (χ0v) is 8.44. The first-order valence-corrected chi connectivity index (χ1v) is 4.80. The Bertz CT molecular complexity index is 468. The van der Waals surface area contributed by atoms with Crippen molar-refractivity contribution in [1.29, 1.82) is 5.26 Å². The fourth-order valence-corrected chi connectivity index (χ4v) is 1.57. The van der Waals surface area contributed by atoms with Gasteiger partial charge in [-0.15, -0.1) is 0 Å². The van der Waals surface area contributed by atoms with Crippen molar-refractivity contribution in [2.75, 3.05) is 24.7 Å². The van der Waals surface area contributed by atoms with Gasteiger partial charge >= 0.3 is 0 Å². The van der Waals surface area contributed by atoms with Gasteiger partial charge in [-0.1, -0.05) is 0 Å². The van der Waals surface area contributed by atoms with Crippen LogP contribution in [-0.4, -0.2) is 25.7 Å². The lowest BCUT2D eigenvalue weighted by molar-refractivity contribution is -0.125. The quantitative estimate of drug-likeness (QED) is 0.711. The van der Waals surface area contributed by atoms with Crippen LogP contribution in [0.2, 0.25) is 0 Å².